The van der Waals surface area contributed by atoms with Gasteiger partial charge < -0.3 is 4.98 Å². The number of fused-ring (bicyclic) bond motifs is 1. The minimum atomic E-state index is 0.494. The highest BCUT2D eigenvalue weighted by Crippen LogP contribution is 2.33. The van der Waals surface area contributed by atoms with Gasteiger partial charge in [0.25, 0.3) is 0 Å². The Morgan fingerprint density at radius 2 is 1.73 bits per heavy atom. The number of H-pyrrole nitrogens is 1. The van der Waals surface area contributed by atoms with Gasteiger partial charge >= 0.3 is 0 Å². The van der Waals surface area contributed by atoms with Gasteiger partial charge in [-0.05, 0) is 23.8 Å². The molecule has 0 amide bonds. The van der Waals surface area contributed by atoms with E-state index in [1.54, 1.807) is 6.20 Å². The van der Waals surface area contributed by atoms with E-state index in [0.717, 1.165) is 33.3 Å². The highest BCUT2D eigenvalue weighted by Gasteiger charge is 2.11. The van der Waals surface area contributed by atoms with Crippen LogP contribution in [0.3, 0.4) is 0 Å². The molecule has 0 unspecified atom stereocenters. The molecule has 0 aliphatic carbocycles. The molecule has 1 aromatic carbocycles. The van der Waals surface area contributed by atoms with Crippen molar-refractivity contribution in [1.82, 2.24) is 15.0 Å². The van der Waals surface area contributed by atoms with Crippen molar-refractivity contribution in [3.05, 3.63) is 72.3 Å². The van der Waals surface area contributed by atoms with Gasteiger partial charge in [-0.25, -0.2) is 9.97 Å². The van der Waals surface area contributed by atoms with Crippen LogP contribution in [0.4, 0.5) is 0 Å². The molecule has 4 aromatic rings. The number of nitrogens with zero attached hydrogens (tertiary/aromatic N) is 2. The summed E-state index contributed by atoms with van der Waals surface area (Å²) in [4.78, 5) is 11.9. The number of hydrogen-bond acceptors (Lipinski definition) is 2. The number of pyridine rings is 2. The van der Waals surface area contributed by atoms with Crippen molar-refractivity contribution in [3.63, 3.8) is 0 Å². The normalized spacial score (nSPS) is 11.0. The van der Waals surface area contributed by atoms with Crippen LogP contribution in [0.1, 0.15) is 0 Å². The van der Waals surface area contributed by atoms with Gasteiger partial charge in [0.1, 0.15) is 10.8 Å². The van der Waals surface area contributed by atoms with Gasteiger partial charge in [0.15, 0.2) is 0 Å². The van der Waals surface area contributed by atoms with E-state index in [4.69, 9.17) is 11.6 Å². The molecule has 106 valence electrons. The zero-order valence-electron chi connectivity index (χ0n) is 11.6. The van der Waals surface area contributed by atoms with E-state index in [1.165, 1.54) is 0 Å². The lowest BCUT2D eigenvalue weighted by molar-refractivity contribution is 1.32. The van der Waals surface area contributed by atoms with Crippen LogP contribution >= 0.6 is 11.6 Å². The average molecular weight is 306 g/mol. The van der Waals surface area contributed by atoms with Crippen molar-refractivity contribution >= 4 is 22.6 Å². The fourth-order valence-electron chi connectivity index (χ4n) is 2.60. The molecule has 3 heterocycles. The Hall–Kier alpha value is -2.65. The first-order chi connectivity index (χ1) is 10.8. The number of aromatic amines is 1. The third-order valence-corrected chi connectivity index (χ3v) is 3.99. The van der Waals surface area contributed by atoms with Crippen molar-refractivity contribution in [2.24, 2.45) is 0 Å². The minimum Gasteiger partial charge on any atom is -0.346 e. The molecule has 0 saturated carbocycles. The topological polar surface area (TPSA) is 41.6 Å². The highest BCUT2D eigenvalue weighted by molar-refractivity contribution is 6.32. The molecule has 0 atom stereocenters. The Morgan fingerprint density at radius 1 is 0.864 bits per heavy atom. The molecule has 0 aliphatic heterocycles. The van der Waals surface area contributed by atoms with Crippen molar-refractivity contribution in [1.29, 1.82) is 0 Å². The maximum Gasteiger partial charge on any atom is 0.137 e. The molecule has 0 saturated heterocycles. The van der Waals surface area contributed by atoms with Gasteiger partial charge in [0.05, 0.1) is 0 Å². The first kappa shape index (κ1) is 13.0. The number of aromatic nitrogens is 3. The summed E-state index contributed by atoms with van der Waals surface area (Å²) in [5.41, 5.74) is 4.98. The summed E-state index contributed by atoms with van der Waals surface area (Å²) in [5.74, 6) is 0. The molecule has 3 nitrogen and oxygen atoms in total. The van der Waals surface area contributed by atoms with Crippen LogP contribution in [-0.4, -0.2) is 15.0 Å². The summed E-state index contributed by atoms with van der Waals surface area (Å²) in [6, 6.07) is 16.2. The molecule has 4 heteroatoms. The summed E-state index contributed by atoms with van der Waals surface area (Å²) in [7, 11) is 0. The lowest BCUT2D eigenvalue weighted by atomic mass is 10.0. The summed E-state index contributed by atoms with van der Waals surface area (Å²) in [6.07, 6.45) is 5.49. The average Bonchev–Trinajstić information content (AvgIpc) is 2.99. The second-order valence-corrected chi connectivity index (χ2v) is 5.39. The van der Waals surface area contributed by atoms with E-state index < -0.39 is 0 Å². The Kier molecular flexibility index (Phi) is 3.13. The van der Waals surface area contributed by atoms with Gasteiger partial charge in [-0.15, -0.1) is 0 Å². The third kappa shape index (κ3) is 2.16. The Balaban J connectivity index is 1.93. The Bertz CT molecular complexity index is 945. The van der Waals surface area contributed by atoms with E-state index in [0.29, 0.717) is 5.15 Å². The zero-order chi connectivity index (χ0) is 14.9. The number of nitrogens with one attached hydrogen (secondary N) is 1. The quantitative estimate of drug-likeness (QED) is 0.533. The lowest BCUT2D eigenvalue weighted by Crippen LogP contribution is -1.84. The van der Waals surface area contributed by atoms with Gasteiger partial charge in [-0.3, -0.25) is 0 Å². The van der Waals surface area contributed by atoms with E-state index in [9.17, 15) is 0 Å². The maximum atomic E-state index is 6.23. The fourth-order valence-corrected chi connectivity index (χ4v) is 2.82. The first-order valence-electron chi connectivity index (χ1n) is 6.96. The molecule has 0 fully saturated rings. The van der Waals surface area contributed by atoms with Crippen LogP contribution in [0.5, 0.6) is 0 Å². The lowest BCUT2D eigenvalue weighted by Gasteiger charge is -2.04. The van der Waals surface area contributed by atoms with Gasteiger partial charge in [-0.2, -0.15) is 0 Å². The van der Waals surface area contributed by atoms with Gasteiger partial charge in [-0.1, -0.05) is 41.9 Å². The van der Waals surface area contributed by atoms with Crippen LogP contribution < -0.4 is 0 Å². The molecular weight excluding hydrogens is 294 g/mol. The largest absolute Gasteiger partial charge is 0.346 e. The molecular formula is C18H12ClN3. The van der Waals surface area contributed by atoms with Crippen LogP contribution in [-0.2, 0) is 0 Å². The van der Waals surface area contributed by atoms with E-state index in [1.807, 2.05) is 42.7 Å². The molecule has 3 aromatic heterocycles. The van der Waals surface area contributed by atoms with Crippen molar-refractivity contribution in [2.45, 2.75) is 0 Å². The summed E-state index contributed by atoms with van der Waals surface area (Å²) >= 11 is 6.23. The SMILES string of the molecule is Clc1ncccc1-c1c[nH]c2ncc(-c3ccccc3)cc12. The minimum absolute atomic E-state index is 0.494. The third-order valence-electron chi connectivity index (χ3n) is 3.69. The maximum absolute atomic E-state index is 6.23. The van der Waals surface area contributed by atoms with Crippen LogP contribution in [0.25, 0.3) is 33.3 Å². The number of hydrogen-bond donors (Lipinski definition) is 1. The van der Waals surface area contributed by atoms with E-state index in [-0.39, 0.29) is 0 Å². The molecule has 4 rings (SSSR count). The van der Waals surface area contributed by atoms with Crippen molar-refractivity contribution in [2.75, 3.05) is 0 Å². The van der Waals surface area contributed by atoms with Crippen LogP contribution in [0.15, 0.2) is 67.1 Å². The highest BCUT2D eigenvalue weighted by atomic mass is 35.5. The predicted octanol–water partition coefficient (Wildman–Crippen LogP) is 4.95. The smallest absolute Gasteiger partial charge is 0.137 e. The van der Waals surface area contributed by atoms with E-state index in [2.05, 4.69) is 33.2 Å². The molecule has 1 N–H and O–H groups in total. The first-order valence-corrected chi connectivity index (χ1v) is 7.34. The summed E-state index contributed by atoms with van der Waals surface area (Å²) in [6.45, 7) is 0. The second kappa shape index (κ2) is 5.28. The zero-order valence-corrected chi connectivity index (χ0v) is 12.4. The molecule has 0 aliphatic rings. The standard InChI is InChI=1S/C18H12ClN3/c19-17-14(7-4-8-20-17)16-11-22-18-15(16)9-13(10-21-18)12-5-2-1-3-6-12/h1-11H,(H,21,22). The van der Waals surface area contributed by atoms with Crippen molar-refractivity contribution < 1.29 is 0 Å². The monoisotopic (exact) mass is 305 g/mol. The van der Waals surface area contributed by atoms with Crippen LogP contribution in [0.2, 0.25) is 5.15 Å². The Labute approximate surface area is 132 Å². The number of benzene rings is 1. The van der Waals surface area contributed by atoms with E-state index >= 15 is 0 Å². The fraction of sp³-hybridized carbons (Fsp3) is 0. The van der Waals surface area contributed by atoms with Gasteiger partial charge in [0.2, 0.25) is 0 Å². The Morgan fingerprint density at radius 3 is 2.55 bits per heavy atom. The molecule has 0 bridgehead atoms. The molecule has 0 radical (unpaired) electrons. The predicted molar refractivity (Wildman–Crippen MR) is 89.8 cm³/mol. The van der Waals surface area contributed by atoms with Crippen molar-refractivity contribution in [3.8, 4) is 22.3 Å². The summed E-state index contributed by atoms with van der Waals surface area (Å²) in [5, 5.41) is 1.53. The molecule has 22 heavy (non-hydrogen) atoms. The molecule has 0 spiro atoms. The second-order valence-electron chi connectivity index (χ2n) is 5.03. The van der Waals surface area contributed by atoms with Crippen LogP contribution in [0, 0.1) is 0 Å². The van der Waals surface area contributed by atoms with Gasteiger partial charge in [0, 0.05) is 40.7 Å². The summed E-state index contributed by atoms with van der Waals surface area (Å²) < 4.78 is 0. The number of halogens is 1. The number of rotatable bonds is 2.